The molecule has 0 aliphatic heterocycles. The molecule has 0 atom stereocenters. The Morgan fingerprint density at radius 1 is 1.08 bits per heavy atom. The van der Waals surface area contributed by atoms with E-state index in [0.29, 0.717) is 27.9 Å². The minimum atomic E-state index is -4.75. The summed E-state index contributed by atoms with van der Waals surface area (Å²) < 4.78 is 42.7. The third kappa shape index (κ3) is 3.56. The van der Waals surface area contributed by atoms with E-state index in [9.17, 15) is 18.0 Å². The molecule has 4 nitrogen and oxygen atoms in total. The van der Waals surface area contributed by atoms with Crippen molar-refractivity contribution in [1.82, 2.24) is 9.55 Å². The summed E-state index contributed by atoms with van der Waals surface area (Å²) in [4.78, 5) is 16.9. The van der Waals surface area contributed by atoms with Crippen LogP contribution in [0.2, 0.25) is 0 Å². The summed E-state index contributed by atoms with van der Waals surface area (Å²) >= 11 is 0. The molecule has 0 aliphatic carbocycles. The fourth-order valence-electron chi connectivity index (χ4n) is 2.77. The number of fused-ring (bicyclic) bond motifs is 1. The topological polar surface area (TPSA) is 44.1 Å². The summed E-state index contributed by atoms with van der Waals surface area (Å²) in [5.41, 5.74) is 2.78. The van der Waals surface area contributed by atoms with Crippen LogP contribution < -0.4 is 10.3 Å². The van der Waals surface area contributed by atoms with Crippen LogP contribution in [0.25, 0.3) is 22.2 Å². The Labute approximate surface area is 147 Å². The van der Waals surface area contributed by atoms with Gasteiger partial charge < -0.3 is 9.30 Å². The van der Waals surface area contributed by atoms with Gasteiger partial charge in [0.2, 0.25) is 0 Å². The van der Waals surface area contributed by atoms with Crippen LogP contribution in [0.5, 0.6) is 5.75 Å². The van der Waals surface area contributed by atoms with Crippen LogP contribution in [0, 0.1) is 0 Å². The summed E-state index contributed by atoms with van der Waals surface area (Å²) in [5, 5.41) is 0. The van der Waals surface area contributed by atoms with Crippen molar-refractivity contribution in [3.8, 4) is 16.9 Å². The molecule has 0 saturated heterocycles. The zero-order chi connectivity index (χ0) is 19.1. The summed E-state index contributed by atoms with van der Waals surface area (Å²) in [6.45, 7) is 3.80. The minimum absolute atomic E-state index is 0.00558. The predicted molar refractivity (Wildman–Crippen MR) is 93.2 cm³/mol. The summed E-state index contributed by atoms with van der Waals surface area (Å²) in [6, 6.07) is 11.0. The van der Waals surface area contributed by atoms with E-state index in [-0.39, 0.29) is 17.2 Å². The van der Waals surface area contributed by atoms with Gasteiger partial charge in [0.25, 0.3) is 5.56 Å². The van der Waals surface area contributed by atoms with Crippen LogP contribution in [0.15, 0.2) is 47.3 Å². The fourth-order valence-corrected chi connectivity index (χ4v) is 2.77. The molecule has 136 valence electrons. The second kappa shape index (κ2) is 6.48. The first-order valence-electron chi connectivity index (χ1n) is 8.02. The average Bonchev–Trinajstić information content (AvgIpc) is 2.56. The van der Waals surface area contributed by atoms with Gasteiger partial charge in [0.05, 0.1) is 11.0 Å². The molecule has 0 spiro atoms. The summed E-state index contributed by atoms with van der Waals surface area (Å²) in [5.74, 6) is -0.300. The van der Waals surface area contributed by atoms with E-state index >= 15 is 0 Å². The number of rotatable bonds is 3. The second-order valence-electron chi connectivity index (χ2n) is 6.30. The van der Waals surface area contributed by atoms with E-state index in [4.69, 9.17) is 0 Å². The van der Waals surface area contributed by atoms with Gasteiger partial charge in [0.15, 0.2) is 0 Å². The van der Waals surface area contributed by atoms with E-state index in [1.54, 1.807) is 31.3 Å². The van der Waals surface area contributed by atoms with Gasteiger partial charge >= 0.3 is 6.36 Å². The lowest BCUT2D eigenvalue weighted by molar-refractivity contribution is -0.274. The molecule has 3 aromatic rings. The Hall–Kier alpha value is -2.83. The van der Waals surface area contributed by atoms with Gasteiger partial charge in [-0.2, -0.15) is 0 Å². The number of hydrogen-bond acceptors (Lipinski definition) is 3. The SMILES string of the molecule is CC(C)c1nc2ccc(-c3cccc(OC(F)(F)F)c3)cc2n(C)c1=O. The normalized spacial score (nSPS) is 12.0. The van der Waals surface area contributed by atoms with Crippen molar-refractivity contribution in [2.45, 2.75) is 26.1 Å². The van der Waals surface area contributed by atoms with E-state index < -0.39 is 6.36 Å². The Balaban J connectivity index is 2.10. The van der Waals surface area contributed by atoms with Gasteiger partial charge in [0, 0.05) is 13.0 Å². The lowest BCUT2D eigenvalue weighted by Crippen LogP contribution is -2.24. The van der Waals surface area contributed by atoms with Crippen LogP contribution in [0.3, 0.4) is 0 Å². The number of halogens is 3. The minimum Gasteiger partial charge on any atom is -0.406 e. The van der Waals surface area contributed by atoms with Crippen LogP contribution in [0.1, 0.15) is 25.5 Å². The molecule has 0 N–H and O–H groups in total. The summed E-state index contributed by atoms with van der Waals surface area (Å²) in [6.07, 6.45) is -4.75. The van der Waals surface area contributed by atoms with Crippen molar-refractivity contribution in [2.75, 3.05) is 0 Å². The Bertz CT molecular complexity index is 1020. The predicted octanol–water partition coefficient (Wildman–Crippen LogP) is 4.62. The number of ether oxygens (including phenoxy) is 1. The van der Waals surface area contributed by atoms with Crippen molar-refractivity contribution in [3.63, 3.8) is 0 Å². The smallest absolute Gasteiger partial charge is 0.406 e. The molecule has 7 heteroatoms. The molecule has 0 fully saturated rings. The number of alkyl halides is 3. The lowest BCUT2D eigenvalue weighted by Gasteiger charge is -2.12. The first-order chi connectivity index (χ1) is 12.2. The van der Waals surface area contributed by atoms with E-state index in [0.717, 1.165) is 0 Å². The number of hydrogen-bond donors (Lipinski definition) is 0. The monoisotopic (exact) mass is 362 g/mol. The van der Waals surface area contributed by atoms with Crippen molar-refractivity contribution in [2.24, 2.45) is 7.05 Å². The van der Waals surface area contributed by atoms with Crippen molar-refractivity contribution in [1.29, 1.82) is 0 Å². The van der Waals surface area contributed by atoms with Crippen molar-refractivity contribution < 1.29 is 17.9 Å². The fraction of sp³-hybridized carbons (Fsp3) is 0.263. The Morgan fingerprint density at radius 3 is 2.42 bits per heavy atom. The van der Waals surface area contributed by atoms with Crippen molar-refractivity contribution >= 4 is 11.0 Å². The lowest BCUT2D eigenvalue weighted by atomic mass is 10.0. The molecule has 2 aromatic carbocycles. The van der Waals surface area contributed by atoms with Gasteiger partial charge in [0.1, 0.15) is 11.4 Å². The largest absolute Gasteiger partial charge is 0.573 e. The number of nitrogens with zero attached hydrogens (tertiary/aromatic N) is 2. The molecule has 0 bridgehead atoms. The van der Waals surface area contributed by atoms with E-state index in [1.165, 1.54) is 22.8 Å². The molecule has 26 heavy (non-hydrogen) atoms. The molecular weight excluding hydrogens is 345 g/mol. The highest BCUT2D eigenvalue weighted by Gasteiger charge is 2.31. The van der Waals surface area contributed by atoms with Crippen LogP contribution >= 0.6 is 0 Å². The maximum Gasteiger partial charge on any atom is 0.573 e. The molecule has 0 amide bonds. The van der Waals surface area contributed by atoms with Gasteiger partial charge in [-0.15, -0.1) is 13.2 Å². The summed E-state index contributed by atoms with van der Waals surface area (Å²) in [7, 11) is 1.66. The highest BCUT2D eigenvalue weighted by atomic mass is 19.4. The van der Waals surface area contributed by atoms with Crippen LogP contribution in [-0.4, -0.2) is 15.9 Å². The molecule has 0 saturated carbocycles. The van der Waals surface area contributed by atoms with Gasteiger partial charge in [-0.3, -0.25) is 4.79 Å². The standard InChI is InChI=1S/C19H17F3N2O2/c1-11(2)17-18(25)24(3)16-10-13(7-8-15(16)23-17)12-5-4-6-14(9-12)26-19(20,21)22/h4-11H,1-3H3. The van der Waals surface area contributed by atoms with E-state index in [2.05, 4.69) is 9.72 Å². The maximum atomic E-state index is 12.4. The molecule has 0 aliphatic rings. The first kappa shape index (κ1) is 18.0. The third-order valence-electron chi connectivity index (χ3n) is 4.05. The van der Waals surface area contributed by atoms with Gasteiger partial charge in [-0.25, -0.2) is 4.98 Å². The zero-order valence-electron chi connectivity index (χ0n) is 14.5. The second-order valence-corrected chi connectivity index (χ2v) is 6.30. The van der Waals surface area contributed by atoms with Crippen molar-refractivity contribution in [3.05, 3.63) is 58.5 Å². The molecule has 1 aromatic heterocycles. The Kier molecular flexibility index (Phi) is 4.48. The molecule has 0 radical (unpaired) electrons. The number of benzene rings is 2. The zero-order valence-corrected chi connectivity index (χ0v) is 14.5. The number of aryl methyl sites for hydroxylation is 1. The van der Waals surface area contributed by atoms with Gasteiger partial charge in [-0.1, -0.05) is 32.0 Å². The van der Waals surface area contributed by atoms with Crippen LogP contribution in [0.4, 0.5) is 13.2 Å². The maximum absolute atomic E-state index is 12.4. The van der Waals surface area contributed by atoms with E-state index in [1.807, 2.05) is 13.8 Å². The average molecular weight is 362 g/mol. The highest BCUT2D eigenvalue weighted by molar-refractivity contribution is 5.82. The first-order valence-corrected chi connectivity index (χ1v) is 8.02. The van der Waals surface area contributed by atoms with Crippen LogP contribution in [-0.2, 0) is 7.05 Å². The molecular formula is C19H17F3N2O2. The third-order valence-corrected chi connectivity index (χ3v) is 4.05. The quantitative estimate of drug-likeness (QED) is 0.683. The number of aromatic nitrogens is 2. The van der Waals surface area contributed by atoms with Gasteiger partial charge in [-0.05, 0) is 35.4 Å². The molecule has 1 heterocycles. The Morgan fingerprint density at radius 2 is 1.77 bits per heavy atom. The molecule has 3 rings (SSSR count). The molecule has 0 unspecified atom stereocenters. The highest BCUT2D eigenvalue weighted by Crippen LogP contribution is 2.29.